The minimum absolute atomic E-state index is 0.0365. The zero-order chi connectivity index (χ0) is 32.7. The van der Waals surface area contributed by atoms with Crippen molar-refractivity contribution in [3.63, 3.8) is 0 Å². The lowest BCUT2D eigenvalue weighted by Crippen LogP contribution is -2.57. The number of likely N-dealkylation sites (tertiary alicyclic amines) is 1. The predicted molar refractivity (Wildman–Crippen MR) is 170 cm³/mol. The van der Waals surface area contributed by atoms with Gasteiger partial charge < -0.3 is 14.3 Å². The third-order valence-electron chi connectivity index (χ3n) is 9.05. The third-order valence-corrected chi connectivity index (χ3v) is 9.05. The lowest BCUT2D eigenvalue weighted by Gasteiger charge is -2.31. The van der Waals surface area contributed by atoms with Gasteiger partial charge in [0, 0.05) is 24.1 Å². The largest absolute Gasteiger partial charge is 0.492 e. The number of hydrogen-bond acceptors (Lipinski definition) is 8. The summed E-state index contributed by atoms with van der Waals surface area (Å²) in [5.74, 6) is -3.41. The fourth-order valence-corrected chi connectivity index (χ4v) is 6.83. The molecule has 2 amide bonds. The molecule has 47 heavy (non-hydrogen) atoms. The number of aliphatic carboxylic acids is 1. The van der Waals surface area contributed by atoms with Crippen molar-refractivity contribution in [3.8, 4) is 17.1 Å². The molecule has 2 N–H and O–H groups in total. The highest BCUT2D eigenvalue weighted by Crippen LogP contribution is 2.50. The topological polar surface area (TPSA) is 152 Å². The second-order valence-corrected chi connectivity index (χ2v) is 11.8. The van der Waals surface area contributed by atoms with Crippen LogP contribution in [0.3, 0.4) is 0 Å². The Morgan fingerprint density at radius 2 is 1.64 bits per heavy atom. The molecule has 3 heterocycles. The van der Waals surface area contributed by atoms with Gasteiger partial charge in [-0.25, -0.2) is 0 Å². The van der Waals surface area contributed by atoms with Crippen molar-refractivity contribution in [2.24, 2.45) is 11.8 Å². The first-order valence-corrected chi connectivity index (χ1v) is 15.1. The van der Waals surface area contributed by atoms with E-state index in [0.717, 1.165) is 15.7 Å². The standard InChI is InChI=1S/C36H29N3O8/c40-33-30-31(34(41)38(33)18-19-46-27-8-2-1-3-9-27)36(35(42)43,21-22-10-11-23-6-4-5-7-25(23)20-22)37-32(30)29-17-16-28(47-29)24-12-14-26(15-13-24)39(44)45/h1-17,20,30-32,37H,18-19,21H2,(H,42,43). The number of nitrogens with zero attached hydrogens (tertiary/aromatic N) is 2. The molecular formula is C36H29N3O8. The van der Waals surface area contributed by atoms with E-state index in [2.05, 4.69) is 5.32 Å². The first kappa shape index (κ1) is 29.9. The van der Waals surface area contributed by atoms with Crippen molar-refractivity contribution in [3.05, 3.63) is 131 Å². The van der Waals surface area contributed by atoms with E-state index in [9.17, 15) is 29.6 Å². The number of carboxylic acids is 1. The Hall–Kier alpha value is -5.81. The van der Waals surface area contributed by atoms with E-state index in [4.69, 9.17) is 9.15 Å². The van der Waals surface area contributed by atoms with E-state index >= 15 is 0 Å². The van der Waals surface area contributed by atoms with Crippen LogP contribution in [0.2, 0.25) is 0 Å². The third kappa shape index (κ3) is 5.30. The molecule has 0 saturated carbocycles. The Labute approximate surface area is 268 Å². The first-order chi connectivity index (χ1) is 22.7. The molecule has 11 nitrogen and oxygen atoms in total. The van der Waals surface area contributed by atoms with Gasteiger partial charge in [-0.3, -0.25) is 34.7 Å². The Morgan fingerprint density at radius 1 is 0.915 bits per heavy atom. The predicted octanol–water partition coefficient (Wildman–Crippen LogP) is 5.40. The number of benzene rings is 4. The molecular weight excluding hydrogens is 602 g/mol. The molecule has 4 atom stereocenters. The van der Waals surface area contributed by atoms with E-state index in [0.29, 0.717) is 22.6 Å². The zero-order valence-corrected chi connectivity index (χ0v) is 24.9. The maximum Gasteiger partial charge on any atom is 0.325 e. The number of para-hydroxylation sites is 1. The van der Waals surface area contributed by atoms with Gasteiger partial charge in [0.2, 0.25) is 11.8 Å². The van der Waals surface area contributed by atoms with Crippen LogP contribution >= 0.6 is 0 Å². The second-order valence-electron chi connectivity index (χ2n) is 11.8. The molecule has 2 aliphatic rings. The normalized spacial score (nSPS) is 22.0. The molecule has 0 spiro atoms. The quantitative estimate of drug-likeness (QED) is 0.117. The van der Waals surface area contributed by atoms with E-state index in [1.165, 1.54) is 12.1 Å². The van der Waals surface area contributed by atoms with Crippen LogP contribution in [-0.2, 0) is 20.8 Å². The molecule has 11 heteroatoms. The SMILES string of the molecule is O=C1C2C(c3ccc(-c4ccc([N+](=O)[O-])cc4)o3)NC(Cc3ccc4ccccc4c3)(C(=O)O)C2C(=O)N1CCOc1ccccc1. The van der Waals surface area contributed by atoms with Crippen molar-refractivity contribution in [2.45, 2.75) is 18.0 Å². The van der Waals surface area contributed by atoms with Crippen molar-refractivity contribution in [1.29, 1.82) is 0 Å². The Bertz CT molecular complexity index is 2010. The summed E-state index contributed by atoms with van der Waals surface area (Å²) in [6, 6.07) is 30.5. The number of nitro groups is 1. The van der Waals surface area contributed by atoms with Gasteiger partial charge >= 0.3 is 5.97 Å². The molecule has 0 aliphatic carbocycles. The summed E-state index contributed by atoms with van der Waals surface area (Å²) in [6.07, 6.45) is -0.0614. The van der Waals surface area contributed by atoms with Crippen LogP contribution in [-0.4, -0.2) is 51.4 Å². The van der Waals surface area contributed by atoms with E-state index < -0.39 is 46.1 Å². The van der Waals surface area contributed by atoms with Gasteiger partial charge in [-0.05, 0) is 52.7 Å². The number of carbonyl (C=O) groups is 3. The maximum atomic E-state index is 14.1. The second kappa shape index (κ2) is 11.8. The molecule has 7 rings (SSSR count). The van der Waals surface area contributed by atoms with Gasteiger partial charge in [0.1, 0.15) is 29.4 Å². The molecule has 2 saturated heterocycles. The minimum atomic E-state index is -1.83. The maximum absolute atomic E-state index is 14.1. The number of non-ortho nitro benzene ring substituents is 1. The molecule has 2 fully saturated rings. The summed E-state index contributed by atoms with van der Waals surface area (Å²) >= 11 is 0. The van der Waals surface area contributed by atoms with Crippen LogP contribution in [0.15, 0.2) is 114 Å². The summed E-state index contributed by atoms with van der Waals surface area (Å²) in [5, 5.41) is 27.1. The van der Waals surface area contributed by atoms with E-state index in [1.807, 2.05) is 60.7 Å². The van der Waals surface area contributed by atoms with E-state index in [1.54, 1.807) is 36.4 Å². The number of imide groups is 1. The minimum Gasteiger partial charge on any atom is -0.492 e. The number of carbonyl (C=O) groups excluding carboxylic acids is 2. The van der Waals surface area contributed by atoms with Gasteiger partial charge in [-0.2, -0.15) is 0 Å². The van der Waals surface area contributed by atoms with Crippen LogP contribution in [0.4, 0.5) is 5.69 Å². The van der Waals surface area contributed by atoms with Gasteiger partial charge in [0.25, 0.3) is 5.69 Å². The number of nitro benzene ring substituents is 1. The fourth-order valence-electron chi connectivity index (χ4n) is 6.83. The van der Waals surface area contributed by atoms with Gasteiger partial charge in [-0.15, -0.1) is 0 Å². The Balaban J connectivity index is 1.24. The van der Waals surface area contributed by atoms with Crippen molar-refractivity contribution in [1.82, 2.24) is 10.2 Å². The van der Waals surface area contributed by atoms with Gasteiger partial charge in [0.15, 0.2) is 0 Å². The first-order valence-electron chi connectivity index (χ1n) is 15.1. The number of carboxylic acid groups (broad SMARTS) is 1. The number of furan rings is 1. The van der Waals surface area contributed by atoms with Crippen LogP contribution in [0.1, 0.15) is 17.4 Å². The highest BCUT2D eigenvalue weighted by Gasteiger charge is 2.69. The molecule has 5 aromatic rings. The Morgan fingerprint density at radius 3 is 2.36 bits per heavy atom. The van der Waals surface area contributed by atoms with Crippen LogP contribution < -0.4 is 10.1 Å². The summed E-state index contributed by atoms with van der Waals surface area (Å²) < 4.78 is 11.9. The number of hydrogen-bond donors (Lipinski definition) is 2. The monoisotopic (exact) mass is 631 g/mol. The molecule has 4 unspecified atom stereocenters. The molecule has 0 radical (unpaired) electrons. The summed E-state index contributed by atoms with van der Waals surface area (Å²) in [7, 11) is 0. The average Bonchev–Trinajstić information content (AvgIpc) is 3.77. The van der Waals surface area contributed by atoms with Crippen molar-refractivity contribution >= 4 is 34.2 Å². The van der Waals surface area contributed by atoms with Gasteiger partial charge in [0.05, 0.1) is 29.3 Å². The number of ether oxygens (including phenoxy) is 1. The van der Waals surface area contributed by atoms with E-state index in [-0.39, 0.29) is 31.0 Å². The van der Waals surface area contributed by atoms with Crippen LogP contribution in [0.25, 0.3) is 22.1 Å². The average molecular weight is 632 g/mol. The van der Waals surface area contributed by atoms with Gasteiger partial charge in [-0.1, -0.05) is 60.7 Å². The lowest BCUT2D eigenvalue weighted by atomic mass is 9.76. The number of nitrogens with one attached hydrogen (secondary N) is 1. The van der Waals surface area contributed by atoms with Crippen LogP contribution in [0.5, 0.6) is 5.75 Å². The van der Waals surface area contributed by atoms with Crippen molar-refractivity contribution in [2.75, 3.05) is 13.2 Å². The number of amides is 2. The van der Waals surface area contributed by atoms with Crippen LogP contribution in [0, 0.1) is 22.0 Å². The highest BCUT2D eigenvalue weighted by molar-refractivity contribution is 6.09. The zero-order valence-electron chi connectivity index (χ0n) is 24.9. The summed E-state index contributed by atoms with van der Waals surface area (Å²) in [5.41, 5.74) is -0.660. The smallest absolute Gasteiger partial charge is 0.325 e. The molecule has 1 aromatic heterocycles. The van der Waals surface area contributed by atoms with Crippen molar-refractivity contribution < 1.29 is 33.6 Å². The fraction of sp³-hybridized carbons (Fsp3) is 0.194. The molecule has 2 aliphatic heterocycles. The molecule has 0 bridgehead atoms. The molecule has 236 valence electrons. The molecule has 4 aromatic carbocycles. The highest BCUT2D eigenvalue weighted by atomic mass is 16.6. The number of rotatable bonds is 10. The number of fused-ring (bicyclic) bond motifs is 2. The Kier molecular flexibility index (Phi) is 7.53. The summed E-state index contributed by atoms with van der Waals surface area (Å²) in [4.78, 5) is 53.2. The summed E-state index contributed by atoms with van der Waals surface area (Å²) in [6.45, 7) is -0.0149. The lowest BCUT2D eigenvalue weighted by molar-refractivity contribution is -0.384.